The van der Waals surface area contributed by atoms with Crippen LogP contribution >= 0.6 is 0 Å². The fourth-order valence-electron chi connectivity index (χ4n) is 2.42. The van der Waals surface area contributed by atoms with Gasteiger partial charge in [-0.15, -0.1) is 0 Å². The lowest BCUT2D eigenvalue weighted by molar-refractivity contribution is 0.253. The number of benzene rings is 1. The summed E-state index contributed by atoms with van der Waals surface area (Å²) in [5.74, 6) is 0. The van der Waals surface area contributed by atoms with Crippen molar-refractivity contribution >= 4 is 0 Å². The minimum Gasteiger partial charge on any atom is -0.330 e. The highest BCUT2D eigenvalue weighted by molar-refractivity contribution is 5.14. The predicted octanol–water partition coefficient (Wildman–Crippen LogP) is 3.77. The summed E-state index contributed by atoms with van der Waals surface area (Å²) in [6, 6.07) is 10.8. The van der Waals surface area contributed by atoms with Gasteiger partial charge in [0, 0.05) is 6.54 Å². The van der Waals surface area contributed by atoms with E-state index in [0.717, 1.165) is 32.5 Å². The molecule has 0 aliphatic carbocycles. The van der Waals surface area contributed by atoms with E-state index >= 15 is 0 Å². The van der Waals surface area contributed by atoms with Gasteiger partial charge in [-0.25, -0.2) is 0 Å². The molecule has 3 nitrogen and oxygen atoms in total. The van der Waals surface area contributed by atoms with Crippen LogP contribution in [-0.4, -0.2) is 31.1 Å². The van der Waals surface area contributed by atoms with Crippen LogP contribution in [0.5, 0.6) is 0 Å². The highest BCUT2D eigenvalue weighted by Gasteiger charge is 2.05. The molecule has 0 aromatic heterocycles. The molecule has 0 heterocycles. The molecule has 0 aliphatic rings. The van der Waals surface area contributed by atoms with Crippen LogP contribution < -0.4 is 11.5 Å². The zero-order chi connectivity index (χ0) is 16.5. The Morgan fingerprint density at radius 2 is 1.23 bits per heavy atom. The molecule has 0 amide bonds. The predicted molar refractivity (Wildman–Crippen MR) is 98.9 cm³/mol. The molecular weight excluding hydrogens is 270 g/mol. The SMILES string of the molecule is CC.NCCCCCN(CCCCCN)Cc1ccccc1. The van der Waals surface area contributed by atoms with Crippen LogP contribution in [0.15, 0.2) is 30.3 Å². The first-order valence-corrected chi connectivity index (χ1v) is 9.03. The second kappa shape index (κ2) is 16.5. The Bertz CT molecular complexity index is 302. The molecule has 1 aromatic carbocycles. The Balaban J connectivity index is 0.00000211. The largest absolute Gasteiger partial charge is 0.330 e. The normalized spacial score (nSPS) is 10.4. The number of unbranched alkanes of at least 4 members (excludes halogenated alkanes) is 4. The lowest BCUT2D eigenvalue weighted by atomic mass is 10.1. The van der Waals surface area contributed by atoms with Crippen molar-refractivity contribution in [3.8, 4) is 0 Å². The number of rotatable bonds is 12. The van der Waals surface area contributed by atoms with Crippen LogP contribution in [0.3, 0.4) is 0 Å². The van der Waals surface area contributed by atoms with Crippen molar-refractivity contribution in [1.82, 2.24) is 4.90 Å². The van der Waals surface area contributed by atoms with Crippen molar-refractivity contribution in [2.45, 2.75) is 58.9 Å². The molecule has 128 valence electrons. The Morgan fingerprint density at radius 1 is 0.727 bits per heavy atom. The highest BCUT2D eigenvalue weighted by Crippen LogP contribution is 2.08. The standard InChI is InChI=1S/C17H31N3.C2H6/c18-12-6-2-8-14-20(15-9-3-7-13-19)16-17-10-4-1-5-11-17;1-2/h1,4-5,10-11H,2-3,6-9,12-16,18-19H2;1-2H3. The third kappa shape index (κ3) is 11.7. The number of hydrogen-bond acceptors (Lipinski definition) is 3. The molecule has 4 N–H and O–H groups in total. The van der Waals surface area contributed by atoms with Gasteiger partial charge in [-0.3, -0.25) is 4.90 Å². The minimum absolute atomic E-state index is 0.815. The summed E-state index contributed by atoms with van der Waals surface area (Å²) in [7, 11) is 0. The van der Waals surface area contributed by atoms with Crippen LogP contribution in [0.25, 0.3) is 0 Å². The summed E-state index contributed by atoms with van der Waals surface area (Å²) in [5.41, 5.74) is 12.5. The van der Waals surface area contributed by atoms with Crippen molar-refractivity contribution < 1.29 is 0 Å². The van der Waals surface area contributed by atoms with E-state index in [2.05, 4.69) is 35.2 Å². The van der Waals surface area contributed by atoms with Gasteiger partial charge in [-0.1, -0.05) is 57.0 Å². The first-order chi connectivity index (χ1) is 10.9. The molecule has 0 bridgehead atoms. The summed E-state index contributed by atoms with van der Waals surface area (Å²) in [6.07, 6.45) is 7.27. The van der Waals surface area contributed by atoms with Gasteiger partial charge in [0.15, 0.2) is 0 Å². The van der Waals surface area contributed by atoms with Crippen molar-refractivity contribution in [2.24, 2.45) is 11.5 Å². The van der Waals surface area contributed by atoms with Crippen LogP contribution in [0, 0.1) is 0 Å². The van der Waals surface area contributed by atoms with Crippen LogP contribution in [-0.2, 0) is 6.54 Å². The minimum atomic E-state index is 0.815. The first-order valence-electron chi connectivity index (χ1n) is 9.03. The summed E-state index contributed by atoms with van der Waals surface area (Å²) in [6.45, 7) is 9.05. The van der Waals surface area contributed by atoms with Crippen molar-refractivity contribution in [2.75, 3.05) is 26.2 Å². The van der Waals surface area contributed by atoms with E-state index in [1.807, 2.05) is 13.8 Å². The van der Waals surface area contributed by atoms with Crippen LogP contribution in [0.4, 0.5) is 0 Å². The summed E-state index contributed by atoms with van der Waals surface area (Å²) < 4.78 is 0. The summed E-state index contributed by atoms with van der Waals surface area (Å²) >= 11 is 0. The third-order valence-electron chi connectivity index (χ3n) is 3.61. The van der Waals surface area contributed by atoms with E-state index in [4.69, 9.17) is 11.5 Å². The summed E-state index contributed by atoms with van der Waals surface area (Å²) in [5, 5.41) is 0. The quantitative estimate of drug-likeness (QED) is 0.578. The highest BCUT2D eigenvalue weighted by atomic mass is 15.1. The summed E-state index contributed by atoms with van der Waals surface area (Å²) in [4.78, 5) is 2.57. The van der Waals surface area contributed by atoms with Gasteiger partial charge in [0.05, 0.1) is 0 Å². The van der Waals surface area contributed by atoms with Gasteiger partial charge in [0.2, 0.25) is 0 Å². The fraction of sp³-hybridized carbons (Fsp3) is 0.684. The Kier molecular flexibility index (Phi) is 15.8. The van der Waals surface area contributed by atoms with Crippen molar-refractivity contribution in [3.05, 3.63) is 35.9 Å². The second-order valence-electron chi connectivity index (χ2n) is 5.46. The third-order valence-corrected chi connectivity index (χ3v) is 3.61. The van der Waals surface area contributed by atoms with Gasteiger partial charge >= 0.3 is 0 Å². The number of nitrogens with zero attached hydrogens (tertiary/aromatic N) is 1. The van der Waals surface area contributed by atoms with Gasteiger partial charge in [-0.2, -0.15) is 0 Å². The number of hydrogen-bond donors (Lipinski definition) is 2. The van der Waals surface area contributed by atoms with E-state index in [1.54, 1.807) is 0 Å². The van der Waals surface area contributed by atoms with Crippen LogP contribution in [0.1, 0.15) is 57.9 Å². The molecule has 0 unspecified atom stereocenters. The molecule has 0 saturated heterocycles. The zero-order valence-electron chi connectivity index (χ0n) is 14.8. The molecule has 0 radical (unpaired) electrons. The van der Waals surface area contributed by atoms with E-state index in [-0.39, 0.29) is 0 Å². The lowest BCUT2D eigenvalue weighted by Gasteiger charge is -2.22. The molecule has 22 heavy (non-hydrogen) atoms. The first kappa shape index (κ1) is 21.1. The fourth-order valence-corrected chi connectivity index (χ4v) is 2.42. The Hall–Kier alpha value is -0.900. The van der Waals surface area contributed by atoms with E-state index in [0.29, 0.717) is 0 Å². The molecule has 0 aliphatic heterocycles. The molecular formula is C19H37N3. The Labute approximate surface area is 138 Å². The monoisotopic (exact) mass is 307 g/mol. The topological polar surface area (TPSA) is 55.3 Å². The van der Waals surface area contributed by atoms with E-state index in [1.165, 1.54) is 44.3 Å². The average molecular weight is 308 g/mol. The lowest BCUT2D eigenvalue weighted by Crippen LogP contribution is -2.26. The van der Waals surface area contributed by atoms with Gasteiger partial charge < -0.3 is 11.5 Å². The molecule has 1 rings (SSSR count). The van der Waals surface area contributed by atoms with Gasteiger partial charge in [0.25, 0.3) is 0 Å². The van der Waals surface area contributed by atoms with Crippen molar-refractivity contribution in [1.29, 1.82) is 0 Å². The van der Waals surface area contributed by atoms with E-state index < -0.39 is 0 Å². The van der Waals surface area contributed by atoms with Crippen LogP contribution in [0.2, 0.25) is 0 Å². The maximum Gasteiger partial charge on any atom is 0.0233 e. The number of nitrogens with two attached hydrogens (primary N) is 2. The maximum atomic E-state index is 5.56. The molecule has 0 atom stereocenters. The molecule has 0 spiro atoms. The van der Waals surface area contributed by atoms with Gasteiger partial charge in [-0.05, 0) is 57.4 Å². The van der Waals surface area contributed by atoms with Gasteiger partial charge in [0.1, 0.15) is 0 Å². The molecule has 1 aromatic rings. The smallest absolute Gasteiger partial charge is 0.0233 e. The maximum absolute atomic E-state index is 5.56. The zero-order valence-corrected chi connectivity index (χ0v) is 14.8. The Morgan fingerprint density at radius 3 is 1.68 bits per heavy atom. The second-order valence-corrected chi connectivity index (χ2v) is 5.46. The van der Waals surface area contributed by atoms with E-state index in [9.17, 15) is 0 Å². The molecule has 0 fully saturated rings. The molecule has 0 saturated carbocycles. The average Bonchev–Trinajstić information content (AvgIpc) is 2.58. The molecule has 3 heteroatoms. The van der Waals surface area contributed by atoms with Crippen molar-refractivity contribution in [3.63, 3.8) is 0 Å².